The normalized spacial score (nSPS) is 11.3. The van der Waals surface area contributed by atoms with Crippen molar-refractivity contribution in [2.24, 2.45) is 0 Å². The summed E-state index contributed by atoms with van der Waals surface area (Å²) in [4.78, 5) is 12.2. The first-order valence-corrected chi connectivity index (χ1v) is 6.90. The van der Waals surface area contributed by atoms with E-state index in [1.54, 1.807) is 31.4 Å². The Morgan fingerprint density at radius 3 is 2.38 bits per heavy atom. The van der Waals surface area contributed by atoms with Crippen molar-refractivity contribution in [3.05, 3.63) is 40.5 Å². The van der Waals surface area contributed by atoms with Gasteiger partial charge in [0.15, 0.2) is 5.82 Å². The van der Waals surface area contributed by atoms with Gasteiger partial charge in [0.25, 0.3) is 5.91 Å². The van der Waals surface area contributed by atoms with Crippen LogP contribution in [-0.4, -0.2) is 23.2 Å². The van der Waals surface area contributed by atoms with E-state index in [0.29, 0.717) is 22.2 Å². The van der Waals surface area contributed by atoms with Gasteiger partial charge >= 0.3 is 0 Å². The summed E-state index contributed by atoms with van der Waals surface area (Å²) in [5.74, 6) is 0.758. The Hall–Kier alpha value is -2.01. The molecule has 0 fully saturated rings. The van der Waals surface area contributed by atoms with Crippen LogP contribution in [0.5, 0.6) is 5.75 Å². The van der Waals surface area contributed by atoms with E-state index in [2.05, 4.69) is 15.5 Å². The standard InChI is InChI=1S/C15H18ClN3O2/c1-15(2,3)12-11(16)13(19-18-12)17-14(20)9-5-7-10(21-4)8-6-9/h5-8H,1-4H3,(H2,17,18,19,20). The molecule has 0 bridgehead atoms. The fourth-order valence-corrected chi connectivity index (χ4v) is 2.25. The largest absolute Gasteiger partial charge is 0.497 e. The van der Waals surface area contributed by atoms with E-state index < -0.39 is 0 Å². The maximum Gasteiger partial charge on any atom is 0.256 e. The molecule has 6 heteroatoms. The third-order valence-corrected chi connectivity index (χ3v) is 3.41. The lowest BCUT2D eigenvalue weighted by Gasteiger charge is -2.16. The van der Waals surface area contributed by atoms with Gasteiger partial charge in [-0.2, -0.15) is 5.10 Å². The van der Waals surface area contributed by atoms with Crippen LogP contribution in [0.3, 0.4) is 0 Å². The summed E-state index contributed by atoms with van der Waals surface area (Å²) >= 11 is 6.26. The summed E-state index contributed by atoms with van der Waals surface area (Å²) in [6.07, 6.45) is 0. The van der Waals surface area contributed by atoms with Crippen LogP contribution in [0.4, 0.5) is 5.82 Å². The minimum atomic E-state index is -0.272. The summed E-state index contributed by atoms with van der Waals surface area (Å²) in [5, 5.41) is 10.1. The molecule has 5 nitrogen and oxygen atoms in total. The third-order valence-electron chi connectivity index (χ3n) is 3.04. The van der Waals surface area contributed by atoms with Crippen molar-refractivity contribution >= 4 is 23.3 Å². The van der Waals surface area contributed by atoms with Crippen LogP contribution >= 0.6 is 11.6 Å². The lowest BCUT2D eigenvalue weighted by Crippen LogP contribution is -2.13. The molecule has 21 heavy (non-hydrogen) atoms. The number of aromatic amines is 1. The van der Waals surface area contributed by atoms with Gasteiger partial charge in [0.1, 0.15) is 10.8 Å². The number of rotatable bonds is 3. The van der Waals surface area contributed by atoms with Gasteiger partial charge in [-0.3, -0.25) is 9.89 Å². The molecule has 1 heterocycles. The number of H-pyrrole nitrogens is 1. The van der Waals surface area contributed by atoms with Crippen molar-refractivity contribution < 1.29 is 9.53 Å². The van der Waals surface area contributed by atoms with Crippen molar-refractivity contribution in [3.63, 3.8) is 0 Å². The summed E-state index contributed by atoms with van der Waals surface area (Å²) in [6.45, 7) is 6.05. The van der Waals surface area contributed by atoms with Gasteiger partial charge in [-0.1, -0.05) is 32.4 Å². The number of methoxy groups -OCH3 is 1. The number of hydrogen-bond acceptors (Lipinski definition) is 3. The predicted octanol–water partition coefficient (Wildman–Crippen LogP) is 3.62. The highest BCUT2D eigenvalue weighted by molar-refractivity contribution is 6.34. The fraction of sp³-hybridized carbons (Fsp3) is 0.333. The minimum Gasteiger partial charge on any atom is -0.497 e. The van der Waals surface area contributed by atoms with Gasteiger partial charge in [-0.05, 0) is 24.3 Å². The smallest absolute Gasteiger partial charge is 0.256 e. The number of benzene rings is 1. The number of aromatic nitrogens is 2. The van der Waals surface area contributed by atoms with Gasteiger partial charge in [-0.25, -0.2) is 0 Å². The van der Waals surface area contributed by atoms with Gasteiger partial charge in [0.2, 0.25) is 0 Å². The quantitative estimate of drug-likeness (QED) is 0.910. The Bertz CT molecular complexity index is 642. The van der Waals surface area contributed by atoms with Gasteiger partial charge in [-0.15, -0.1) is 0 Å². The molecule has 1 aromatic carbocycles. The molecule has 2 N–H and O–H groups in total. The van der Waals surface area contributed by atoms with Crippen LogP contribution in [0.2, 0.25) is 5.02 Å². The van der Waals surface area contributed by atoms with E-state index in [9.17, 15) is 4.79 Å². The van der Waals surface area contributed by atoms with Gasteiger partial charge in [0, 0.05) is 11.0 Å². The highest BCUT2D eigenvalue weighted by Crippen LogP contribution is 2.32. The number of halogens is 1. The van der Waals surface area contributed by atoms with E-state index >= 15 is 0 Å². The molecule has 1 amide bonds. The average molecular weight is 308 g/mol. The average Bonchev–Trinajstić information content (AvgIpc) is 2.80. The number of carbonyl (C=O) groups excluding carboxylic acids is 1. The van der Waals surface area contributed by atoms with E-state index in [0.717, 1.165) is 5.69 Å². The first-order valence-electron chi connectivity index (χ1n) is 6.52. The maximum atomic E-state index is 12.2. The molecule has 0 radical (unpaired) electrons. The van der Waals surface area contributed by atoms with E-state index in [4.69, 9.17) is 16.3 Å². The first kappa shape index (κ1) is 15.4. The summed E-state index contributed by atoms with van der Waals surface area (Å²) in [6, 6.07) is 6.81. The molecular weight excluding hydrogens is 290 g/mol. The van der Waals surface area contributed by atoms with Crippen molar-refractivity contribution in [1.29, 1.82) is 0 Å². The molecule has 0 saturated carbocycles. The number of nitrogens with zero attached hydrogens (tertiary/aromatic N) is 1. The van der Waals surface area contributed by atoms with Gasteiger partial charge < -0.3 is 10.1 Å². The van der Waals surface area contributed by atoms with Crippen molar-refractivity contribution in [2.45, 2.75) is 26.2 Å². The van der Waals surface area contributed by atoms with Crippen molar-refractivity contribution in [2.75, 3.05) is 12.4 Å². The number of carbonyl (C=O) groups is 1. The number of hydrogen-bond donors (Lipinski definition) is 2. The van der Waals surface area contributed by atoms with Gasteiger partial charge in [0.05, 0.1) is 12.8 Å². The predicted molar refractivity (Wildman–Crippen MR) is 83.2 cm³/mol. The number of nitrogens with one attached hydrogen (secondary N) is 2. The SMILES string of the molecule is COc1ccc(C(=O)Nc2n[nH]c(C(C)(C)C)c2Cl)cc1. The third kappa shape index (κ3) is 3.36. The Labute approximate surface area is 128 Å². The van der Waals surface area contributed by atoms with Crippen molar-refractivity contribution in [1.82, 2.24) is 10.2 Å². The number of anilines is 1. The Kier molecular flexibility index (Phi) is 4.23. The molecule has 0 aliphatic carbocycles. The maximum absolute atomic E-state index is 12.2. The second-order valence-corrected chi connectivity index (χ2v) is 6.07. The summed E-state index contributed by atoms with van der Waals surface area (Å²) < 4.78 is 5.06. The Morgan fingerprint density at radius 2 is 1.90 bits per heavy atom. The topological polar surface area (TPSA) is 67.0 Å². The van der Waals surface area contributed by atoms with Crippen LogP contribution < -0.4 is 10.1 Å². The highest BCUT2D eigenvalue weighted by Gasteiger charge is 2.23. The molecule has 0 atom stereocenters. The van der Waals surface area contributed by atoms with Crippen LogP contribution in [0.1, 0.15) is 36.8 Å². The molecular formula is C15H18ClN3O2. The minimum absolute atomic E-state index is 0.173. The lowest BCUT2D eigenvalue weighted by molar-refractivity contribution is 0.102. The van der Waals surface area contributed by atoms with Crippen LogP contribution in [-0.2, 0) is 5.41 Å². The zero-order chi connectivity index (χ0) is 15.6. The zero-order valence-corrected chi connectivity index (χ0v) is 13.2. The lowest BCUT2D eigenvalue weighted by atomic mass is 9.92. The van der Waals surface area contributed by atoms with E-state index in [-0.39, 0.29) is 11.3 Å². The molecule has 112 valence electrons. The fourth-order valence-electron chi connectivity index (χ4n) is 1.83. The monoisotopic (exact) mass is 307 g/mol. The molecule has 2 rings (SSSR count). The molecule has 0 spiro atoms. The van der Waals surface area contributed by atoms with E-state index in [1.165, 1.54) is 0 Å². The highest BCUT2D eigenvalue weighted by atomic mass is 35.5. The summed E-state index contributed by atoms with van der Waals surface area (Å²) in [5.41, 5.74) is 1.12. The molecule has 2 aromatic rings. The first-order chi connectivity index (χ1) is 9.82. The van der Waals surface area contributed by atoms with E-state index in [1.807, 2.05) is 20.8 Å². The zero-order valence-electron chi connectivity index (χ0n) is 12.5. The molecule has 0 aliphatic rings. The Morgan fingerprint density at radius 1 is 1.29 bits per heavy atom. The van der Waals surface area contributed by atoms with Crippen LogP contribution in [0.25, 0.3) is 0 Å². The second kappa shape index (κ2) is 5.77. The van der Waals surface area contributed by atoms with Crippen LogP contribution in [0.15, 0.2) is 24.3 Å². The molecule has 0 unspecified atom stereocenters. The second-order valence-electron chi connectivity index (χ2n) is 5.69. The molecule has 0 saturated heterocycles. The van der Waals surface area contributed by atoms with Crippen LogP contribution in [0, 0.1) is 0 Å². The molecule has 0 aliphatic heterocycles. The van der Waals surface area contributed by atoms with Crippen molar-refractivity contribution in [3.8, 4) is 5.75 Å². The molecule has 1 aromatic heterocycles. The Balaban J connectivity index is 2.18. The number of amides is 1. The summed E-state index contributed by atoms with van der Waals surface area (Å²) in [7, 11) is 1.58. The number of ether oxygens (including phenoxy) is 1.